The maximum atomic E-state index is 5.19. The van der Waals surface area contributed by atoms with E-state index in [9.17, 15) is 0 Å². The van der Waals surface area contributed by atoms with Crippen LogP contribution in [0, 0.1) is 34.6 Å². The number of hydrogen-bond acceptors (Lipinski definition) is 8. The van der Waals surface area contributed by atoms with E-state index >= 15 is 0 Å². The van der Waals surface area contributed by atoms with Crippen LogP contribution in [-0.4, -0.2) is 35.1 Å². The number of fused-ring (bicyclic) bond motifs is 5. The first-order chi connectivity index (χ1) is 26.4. The van der Waals surface area contributed by atoms with Crippen LogP contribution in [0.2, 0.25) is 0 Å². The molecule has 0 saturated carbocycles. The molecule has 0 bridgehead atoms. The van der Waals surface area contributed by atoms with Crippen molar-refractivity contribution in [1.29, 1.82) is 0 Å². The largest absolute Gasteiger partial charge is 0.462 e. The second-order valence-corrected chi connectivity index (χ2v) is 12.5. The standard InChI is InChI=1S/2C10H9N.2C9H8N2.C8H7NO/c1-8-10-5-3-2-4-9(10)6-7-11-8;1-8-6-7-11-10-5-3-2-4-9(8)10;1-7-8-4-2-3-5-9(8)11-6-10-7;1-7-9-5-3-2-4-8(9)6-10-11-7;1-6-8-7(2-4-9-6)3-5-10-8/h2*2-7H,1H3;2*2-6H,1H3;2-5H,1H3. The summed E-state index contributed by atoms with van der Waals surface area (Å²) in [4.78, 5) is 20.8. The zero-order chi connectivity index (χ0) is 37.7. The average Bonchev–Trinajstić information content (AvgIpc) is 3.71. The van der Waals surface area contributed by atoms with E-state index in [1.165, 1.54) is 27.1 Å². The highest BCUT2D eigenvalue weighted by molar-refractivity contribution is 5.85. The maximum absolute atomic E-state index is 5.19. The number of para-hydroxylation sites is 2. The lowest BCUT2D eigenvalue weighted by molar-refractivity contribution is 0.611. The molecule has 0 unspecified atom stereocenters. The van der Waals surface area contributed by atoms with E-state index in [1.807, 2.05) is 137 Å². The number of aryl methyl sites for hydroxylation is 5. The highest BCUT2D eigenvalue weighted by Gasteiger charge is 1.99. The van der Waals surface area contributed by atoms with Crippen LogP contribution in [0.15, 0.2) is 163 Å². The Balaban J connectivity index is 0.000000115. The summed E-state index contributed by atoms with van der Waals surface area (Å²) in [5.41, 5.74) is 8.34. The van der Waals surface area contributed by atoms with Crippen LogP contribution >= 0.6 is 0 Å². The summed E-state index contributed by atoms with van der Waals surface area (Å²) < 4.78 is 5.19. The van der Waals surface area contributed by atoms with Crippen molar-refractivity contribution in [3.8, 4) is 0 Å². The van der Waals surface area contributed by atoms with Gasteiger partial charge in [0.15, 0.2) is 5.58 Å². The molecule has 0 aliphatic carbocycles. The van der Waals surface area contributed by atoms with Gasteiger partial charge in [-0.1, -0.05) is 84.9 Å². The Morgan fingerprint density at radius 3 is 1.63 bits per heavy atom. The summed E-state index contributed by atoms with van der Waals surface area (Å²) in [6.45, 7) is 10.0. The van der Waals surface area contributed by atoms with E-state index in [-0.39, 0.29) is 0 Å². The number of hydrogen-bond donors (Lipinski definition) is 0. The fraction of sp³-hybridized carbons (Fsp3) is 0.109. The predicted octanol–water partition coefficient (Wildman–Crippen LogP) is 11.1. The van der Waals surface area contributed by atoms with Crippen molar-refractivity contribution < 1.29 is 4.42 Å². The minimum Gasteiger partial charge on any atom is -0.462 e. The molecule has 0 N–H and O–H groups in total. The first kappa shape index (κ1) is 36.8. The van der Waals surface area contributed by atoms with Gasteiger partial charge in [0.05, 0.1) is 34.9 Å². The number of benzene rings is 4. The number of pyridine rings is 3. The van der Waals surface area contributed by atoms with Crippen LogP contribution in [0.3, 0.4) is 0 Å². The third-order valence-corrected chi connectivity index (χ3v) is 8.78. The summed E-state index contributed by atoms with van der Waals surface area (Å²) >= 11 is 0. The van der Waals surface area contributed by atoms with Crippen molar-refractivity contribution >= 4 is 54.3 Å². The van der Waals surface area contributed by atoms with Crippen molar-refractivity contribution in [3.63, 3.8) is 0 Å². The van der Waals surface area contributed by atoms with Gasteiger partial charge in [-0.2, -0.15) is 10.2 Å². The van der Waals surface area contributed by atoms with Gasteiger partial charge in [0, 0.05) is 62.3 Å². The minimum absolute atomic E-state index is 0.891. The Kier molecular flexibility index (Phi) is 12.3. The van der Waals surface area contributed by atoms with Gasteiger partial charge < -0.3 is 4.42 Å². The van der Waals surface area contributed by atoms with E-state index in [2.05, 4.69) is 66.3 Å². The molecule has 0 spiro atoms. The highest BCUT2D eigenvalue weighted by atomic mass is 16.3. The molecule has 0 aliphatic rings. The van der Waals surface area contributed by atoms with Crippen molar-refractivity contribution in [2.45, 2.75) is 34.6 Å². The molecule has 10 aromatic rings. The summed E-state index contributed by atoms with van der Waals surface area (Å²) in [6, 6.07) is 40.5. The Bertz CT molecular complexity index is 2430. The number of rotatable bonds is 0. The molecular formula is C46H41N7O. The van der Waals surface area contributed by atoms with Crippen molar-refractivity contribution in [2.24, 2.45) is 0 Å². The molecular weight excluding hydrogens is 667 g/mol. The zero-order valence-corrected chi connectivity index (χ0v) is 31.0. The Hall–Kier alpha value is -6.93. The van der Waals surface area contributed by atoms with Crippen LogP contribution < -0.4 is 0 Å². The molecule has 0 fully saturated rings. The van der Waals surface area contributed by atoms with E-state index in [0.717, 1.165) is 55.6 Å². The molecule has 0 aliphatic heterocycles. The van der Waals surface area contributed by atoms with Crippen LogP contribution in [0.4, 0.5) is 0 Å². The van der Waals surface area contributed by atoms with Gasteiger partial charge in [-0.25, -0.2) is 9.97 Å². The monoisotopic (exact) mass is 707 g/mol. The molecule has 0 radical (unpaired) electrons. The van der Waals surface area contributed by atoms with E-state index < -0.39 is 0 Å². The van der Waals surface area contributed by atoms with Crippen LogP contribution in [0.25, 0.3) is 54.3 Å². The fourth-order valence-corrected chi connectivity index (χ4v) is 5.85. The van der Waals surface area contributed by atoms with Gasteiger partial charge in [-0.15, -0.1) is 0 Å². The normalized spacial score (nSPS) is 10.3. The third kappa shape index (κ3) is 9.29. The maximum Gasteiger partial charge on any atom is 0.155 e. The average molecular weight is 708 g/mol. The molecule has 8 nitrogen and oxygen atoms in total. The topological polar surface area (TPSA) is 103 Å². The van der Waals surface area contributed by atoms with Crippen molar-refractivity contribution in [3.05, 3.63) is 187 Å². The Morgan fingerprint density at radius 2 is 0.963 bits per heavy atom. The number of furan rings is 1. The van der Waals surface area contributed by atoms with E-state index in [1.54, 1.807) is 25.0 Å². The van der Waals surface area contributed by atoms with Gasteiger partial charge in [0.2, 0.25) is 0 Å². The number of nitrogens with zero attached hydrogens (tertiary/aromatic N) is 7. The molecule has 10 rings (SSSR count). The number of aromatic nitrogens is 7. The second-order valence-electron chi connectivity index (χ2n) is 12.5. The quantitative estimate of drug-likeness (QED) is 0.153. The first-order valence-electron chi connectivity index (χ1n) is 17.6. The zero-order valence-electron chi connectivity index (χ0n) is 31.0. The summed E-state index contributed by atoms with van der Waals surface area (Å²) in [6.07, 6.45) is 10.5. The molecule has 8 heteroatoms. The van der Waals surface area contributed by atoms with Crippen LogP contribution in [0.1, 0.15) is 28.3 Å². The molecule has 0 amide bonds. The molecule has 54 heavy (non-hydrogen) atoms. The highest BCUT2D eigenvalue weighted by Crippen LogP contribution is 2.17. The predicted molar refractivity (Wildman–Crippen MR) is 220 cm³/mol. The smallest absolute Gasteiger partial charge is 0.155 e. The van der Waals surface area contributed by atoms with Crippen LogP contribution in [0.5, 0.6) is 0 Å². The lowest BCUT2D eigenvalue weighted by atomic mass is 10.1. The van der Waals surface area contributed by atoms with Crippen LogP contribution in [-0.2, 0) is 0 Å². The van der Waals surface area contributed by atoms with Gasteiger partial charge in [-0.05, 0) is 82.0 Å². The SMILES string of the molecule is Cc1ccnc2ccccc12.Cc1nccc2ccccc12.Cc1nccc2ccoc12.Cc1ncnc2ccccc12.Cc1nncc2ccccc12. The second kappa shape index (κ2) is 18.0. The van der Waals surface area contributed by atoms with Gasteiger partial charge in [-0.3, -0.25) is 15.0 Å². The van der Waals surface area contributed by atoms with Crippen molar-refractivity contribution in [2.75, 3.05) is 0 Å². The first-order valence-corrected chi connectivity index (χ1v) is 17.6. The Labute approximate surface area is 314 Å². The molecule has 6 heterocycles. The third-order valence-electron chi connectivity index (χ3n) is 8.78. The lowest BCUT2D eigenvalue weighted by Gasteiger charge is -1.97. The Morgan fingerprint density at radius 1 is 0.407 bits per heavy atom. The molecule has 6 aromatic heterocycles. The molecule has 0 saturated heterocycles. The summed E-state index contributed by atoms with van der Waals surface area (Å²) in [5, 5.41) is 16.2. The van der Waals surface area contributed by atoms with Gasteiger partial charge in [0.25, 0.3) is 0 Å². The molecule has 266 valence electrons. The molecule has 0 atom stereocenters. The van der Waals surface area contributed by atoms with Crippen molar-refractivity contribution in [1.82, 2.24) is 35.1 Å². The fourth-order valence-electron chi connectivity index (χ4n) is 5.85. The van der Waals surface area contributed by atoms with Gasteiger partial charge in [0.1, 0.15) is 6.33 Å². The van der Waals surface area contributed by atoms with E-state index in [4.69, 9.17) is 4.42 Å². The molecule has 4 aromatic carbocycles. The van der Waals surface area contributed by atoms with Gasteiger partial charge >= 0.3 is 0 Å². The summed E-state index contributed by atoms with van der Waals surface area (Å²) in [7, 11) is 0. The minimum atomic E-state index is 0.891. The van der Waals surface area contributed by atoms with E-state index in [0.29, 0.717) is 0 Å². The lowest BCUT2D eigenvalue weighted by Crippen LogP contribution is -1.86. The summed E-state index contributed by atoms with van der Waals surface area (Å²) in [5.74, 6) is 0.